The molecule has 0 aliphatic carbocycles. The summed E-state index contributed by atoms with van der Waals surface area (Å²) in [5.41, 5.74) is 0.284. The van der Waals surface area contributed by atoms with Gasteiger partial charge in [0.2, 0.25) is 0 Å². The highest BCUT2D eigenvalue weighted by atomic mass is 19.1. The lowest BCUT2D eigenvalue weighted by molar-refractivity contribution is 0.113. The van der Waals surface area contributed by atoms with Crippen molar-refractivity contribution in [2.24, 2.45) is 5.41 Å². The Morgan fingerprint density at radius 3 is 2.39 bits per heavy atom. The van der Waals surface area contributed by atoms with Crippen LogP contribution in [0.15, 0.2) is 18.2 Å². The quantitative estimate of drug-likeness (QED) is 0.787. The van der Waals surface area contributed by atoms with Crippen LogP contribution in [0, 0.1) is 17.0 Å². The van der Waals surface area contributed by atoms with E-state index in [9.17, 15) is 13.9 Å². The number of hydrogen-bond donors (Lipinski definition) is 2. The van der Waals surface area contributed by atoms with Crippen LogP contribution in [0.5, 0.6) is 0 Å². The summed E-state index contributed by atoms with van der Waals surface area (Å²) in [6, 6.07) is 3.57. The molecule has 0 saturated heterocycles. The summed E-state index contributed by atoms with van der Waals surface area (Å²) >= 11 is 0. The third kappa shape index (κ3) is 3.75. The number of rotatable bonds is 7. The molecule has 0 saturated carbocycles. The summed E-state index contributed by atoms with van der Waals surface area (Å²) in [5.74, 6) is -1.10. The molecule has 0 fully saturated rings. The van der Waals surface area contributed by atoms with E-state index in [1.165, 1.54) is 12.1 Å². The average molecular weight is 257 g/mol. The number of nitrogens with one attached hydrogen (secondary N) is 1. The minimum absolute atomic E-state index is 0.110. The molecule has 0 unspecified atom stereocenters. The Morgan fingerprint density at radius 1 is 1.22 bits per heavy atom. The molecule has 0 aliphatic rings. The SMILES string of the molecule is CCC(CC)(CO)CNCc1ccc(F)cc1F. The molecule has 1 aromatic carbocycles. The molecule has 0 aromatic heterocycles. The van der Waals surface area contributed by atoms with Gasteiger partial charge in [-0.3, -0.25) is 0 Å². The Kier molecular flexibility index (Phi) is 5.69. The normalized spacial score (nSPS) is 11.8. The molecule has 0 spiro atoms. The van der Waals surface area contributed by atoms with Crippen molar-refractivity contribution in [3.8, 4) is 0 Å². The summed E-state index contributed by atoms with van der Waals surface area (Å²) in [6.45, 7) is 5.12. The van der Waals surface area contributed by atoms with Gasteiger partial charge in [-0.2, -0.15) is 0 Å². The van der Waals surface area contributed by atoms with Crippen molar-refractivity contribution in [2.75, 3.05) is 13.2 Å². The fourth-order valence-electron chi connectivity index (χ4n) is 1.91. The van der Waals surface area contributed by atoms with Gasteiger partial charge in [-0.05, 0) is 18.9 Å². The number of aliphatic hydroxyl groups is 1. The zero-order chi connectivity index (χ0) is 13.6. The third-order valence-electron chi connectivity index (χ3n) is 3.67. The Hall–Kier alpha value is -1.00. The summed E-state index contributed by atoms with van der Waals surface area (Å²) < 4.78 is 26.1. The Bertz CT molecular complexity index is 370. The first-order chi connectivity index (χ1) is 8.56. The van der Waals surface area contributed by atoms with Gasteiger partial charge in [-0.1, -0.05) is 19.9 Å². The van der Waals surface area contributed by atoms with Crippen molar-refractivity contribution >= 4 is 0 Å². The van der Waals surface area contributed by atoms with Crippen LogP contribution in [-0.2, 0) is 6.54 Å². The van der Waals surface area contributed by atoms with E-state index in [1.807, 2.05) is 13.8 Å². The molecule has 0 atom stereocenters. The molecule has 1 aromatic rings. The van der Waals surface area contributed by atoms with Crippen molar-refractivity contribution in [3.05, 3.63) is 35.4 Å². The minimum atomic E-state index is -0.567. The van der Waals surface area contributed by atoms with Crippen LogP contribution in [0.1, 0.15) is 32.3 Å². The number of aliphatic hydroxyl groups excluding tert-OH is 1. The fraction of sp³-hybridized carbons (Fsp3) is 0.571. The van der Waals surface area contributed by atoms with Crippen LogP contribution in [-0.4, -0.2) is 18.3 Å². The smallest absolute Gasteiger partial charge is 0.130 e. The third-order valence-corrected chi connectivity index (χ3v) is 3.67. The van der Waals surface area contributed by atoms with E-state index in [4.69, 9.17) is 0 Å². The molecular weight excluding hydrogens is 236 g/mol. The zero-order valence-electron chi connectivity index (χ0n) is 11.0. The Balaban J connectivity index is 2.55. The highest BCUT2D eigenvalue weighted by Gasteiger charge is 2.24. The van der Waals surface area contributed by atoms with Gasteiger partial charge in [0.15, 0.2) is 0 Å². The van der Waals surface area contributed by atoms with E-state index in [2.05, 4.69) is 5.32 Å². The van der Waals surface area contributed by atoms with Gasteiger partial charge in [-0.15, -0.1) is 0 Å². The first kappa shape index (κ1) is 15.1. The Labute approximate surface area is 107 Å². The van der Waals surface area contributed by atoms with Crippen molar-refractivity contribution in [1.29, 1.82) is 0 Å². The standard InChI is InChI=1S/C14H21F2NO/c1-3-14(4-2,10-18)9-17-8-11-5-6-12(15)7-13(11)16/h5-7,17-18H,3-4,8-10H2,1-2H3. The topological polar surface area (TPSA) is 32.3 Å². The van der Waals surface area contributed by atoms with Crippen LogP contribution in [0.25, 0.3) is 0 Å². The molecule has 0 bridgehead atoms. The lowest BCUT2D eigenvalue weighted by Crippen LogP contribution is -2.36. The van der Waals surface area contributed by atoms with Crippen molar-refractivity contribution in [2.45, 2.75) is 33.2 Å². The second kappa shape index (κ2) is 6.81. The largest absolute Gasteiger partial charge is 0.396 e. The van der Waals surface area contributed by atoms with Gasteiger partial charge in [0.25, 0.3) is 0 Å². The van der Waals surface area contributed by atoms with Crippen LogP contribution in [0.3, 0.4) is 0 Å². The average Bonchev–Trinajstić information content (AvgIpc) is 2.38. The maximum Gasteiger partial charge on any atom is 0.130 e. The second-order valence-electron chi connectivity index (χ2n) is 4.70. The molecule has 0 radical (unpaired) electrons. The van der Waals surface area contributed by atoms with E-state index in [1.54, 1.807) is 0 Å². The van der Waals surface area contributed by atoms with Gasteiger partial charge in [-0.25, -0.2) is 8.78 Å². The van der Waals surface area contributed by atoms with Gasteiger partial charge < -0.3 is 10.4 Å². The first-order valence-corrected chi connectivity index (χ1v) is 6.32. The maximum atomic E-state index is 13.4. The minimum Gasteiger partial charge on any atom is -0.396 e. The van der Waals surface area contributed by atoms with Gasteiger partial charge >= 0.3 is 0 Å². The number of halogens is 2. The summed E-state index contributed by atoms with van der Waals surface area (Å²) in [5, 5.41) is 12.5. The van der Waals surface area contributed by atoms with Gasteiger partial charge in [0, 0.05) is 36.7 Å². The second-order valence-corrected chi connectivity index (χ2v) is 4.70. The first-order valence-electron chi connectivity index (χ1n) is 6.32. The summed E-state index contributed by atoms with van der Waals surface area (Å²) in [4.78, 5) is 0. The molecule has 2 N–H and O–H groups in total. The molecule has 102 valence electrons. The highest BCUT2D eigenvalue weighted by Crippen LogP contribution is 2.24. The summed E-state index contributed by atoms with van der Waals surface area (Å²) in [6.07, 6.45) is 1.72. The number of benzene rings is 1. The lowest BCUT2D eigenvalue weighted by atomic mass is 9.83. The van der Waals surface area contributed by atoms with E-state index < -0.39 is 11.6 Å². The predicted octanol–water partition coefficient (Wildman–Crippen LogP) is 2.85. The van der Waals surface area contributed by atoms with Crippen molar-refractivity contribution in [3.63, 3.8) is 0 Å². The van der Waals surface area contributed by atoms with E-state index >= 15 is 0 Å². The Morgan fingerprint density at radius 2 is 1.89 bits per heavy atom. The lowest BCUT2D eigenvalue weighted by Gasteiger charge is -2.29. The molecule has 0 amide bonds. The van der Waals surface area contributed by atoms with Crippen molar-refractivity contribution in [1.82, 2.24) is 5.32 Å². The predicted molar refractivity (Wildman–Crippen MR) is 68.2 cm³/mol. The van der Waals surface area contributed by atoms with Crippen LogP contribution >= 0.6 is 0 Å². The molecule has 4 heteroatoms. The molecular formula is C14H21F2NO. The van der Waals surface area contributed by atoms with Crippen LogP contribution in [0.4, 0.5) is 8.78 Å². The molecule has 2 nitrogen and oxygen atoms in total. The molecule has 0 heterocycles. The number of hydrogen-bond acceptors (Lipinski definition) is 2. The van der Waals surface area contributed by atoms with E-state index in [0.29, 0.717) is 18.7 Å². The molecule has 1 rings (SSSR count). The van der Waals surface area contributed by atoms with E-state index in [0.717, 1.165) is 18.9 Å². The fourth-order valence-corrected chi connectivity index (χ4v) is 1.91. The van der Waals surface area contributed by atoms with Crippen LogP contribution in [0.2, 0.25) is 0 Å². The van der Waals surface area contributed by atoms with Gasteiger partial charge in [0.05, 0.1) is 0 Å². The van der Waals surface area contributed by atoms with E-state index in [-0.39, 0.29) is 12.0 Å². The monoisotopic (exact) mass is 257 g/mol. The summed E-state index contributed by atoms with van der Waals surface area (Å²) in [7, 11) is 0. The molecule has 18 heavy (non-hydrogen) atoms. The van der Waals surface area contributed by atoms with Gasteiger partial charge in [0.1, 0.15) is 11.6 Å². The zero-order valence-corrected chi connectivity index (χ0v) is 11.0. The molecule has 0 aliphatic heterocycles. The van der Waals surface area contributed by atoms with Crippen molar-refractivity contribution < 1.29 is 13.9 Å². The van der Waals surface area contributed by atoms with Crippen LogP contribution < -0.4 is 5.32 Å². The highest BCUT2D eigenvalue weighted by molar-refractivity contribution is 5.18. The maximum absolute atomic E-state index is 13.4.